The molecular formula is C35H44N2O6. The lowest BCUT2D eigenvalue weighted by Gasteiger charge is -2.58. The fourth-order valence-electron chi connectivity index (χ4n) is 9.35. The molecule has 3 N–H and O–H groups in total. The summed E-state index contributed by atoms with van der Waals surface area (Å²) in [4.78, 5) is 53.6. The fourth-order valence-corrected chi connectivity index (χ4v) is 9.35. The molecule has 0 spiro atoms. The molecule has 230 valence electrons. The first-order valence-corrected chi connectivity index (χ1v) is 16.0. The van der Waals surface area contributed by atoms with E-state index in [0.29, 0.717) is 37.6 Å². The van der Waals surface area contributed by atoms with Gasteiger partial charge in [-0.1, -0.05) is 37.6 Å². The van der Waals surface area contributed by atoms with Crippen LogP contribution in [0.1, 0.15) is 83.6 Å². The van der Waals surface area contributed by atoms with E-state index < -0.39 is 29.4 Å². The van der Waals surface area contributed by atoms with E-state index in [0.717, 1.165) is 55.0 Å². The Bertz CT molecular complexity index is 1480. The molecule has 0 bridgehead atoms. The number of carbonyl (C=O) groups excluding carboxylic acids is 4. The highest BCUT2D eigenvalue weighted by molar-refractivity contribution is 5.92. The van der Waals surface area contributed by atoms with Crippen molar-refractivity contribution in [2.24, 2.45) is 28.6 Å². The van der Waals surface area contributed by atoms with Gasteiger partial charge in [0.2, 0.25) is 11.7 Å². The molecule has 4 aliphatic rings. The van der Waals surface area contributed by atoms with E-state index in [4.69, 9.17) is 4.74 Å². The largest absolute Gasteiger partial charge is 0.458 e. The van der Waals surface area contributed by atoms with E-state index >= 15 is 0 Å². The average Bonchev–Trinajstić information content (AvgIpc) is 3.53. The summed E-state index contributed by atoms with van der Waals surface area (Å²) in [7, 11) is 0. The predicted molar refractivity (Wildman–Crippen MR) is 162 cm³/mol. The van der Waals surface area contributed by atoms with Crippen LogP contribution >= 0.6 is 0 Å². The lowest BCUT2D eigenvalue weighted by molar-refractivity contribution is -0.170. The number of aromatic nitrogens is 1. The lowest BCUT2D eigenvalue weighted by Crippen LogP contribution is -2.58. The Hall–Kier alpha value is -3.26. The van der Waals surface area contributed by atoms with Crippen LogP contribution < -0.4 is 5.32 Å². The zero-order valence-corrected chi connectivity index (χ0v) is 25.4. The molecule has 0 saturated heterocycles. The van der Waals surface area contributed by atoms with Gasteiger partial charge in [-0.2, -0.15) is 0 Å². The standard InChI is InChI=1S/C35H44N2O6/c1-33-15-11-24(38)19-23(33)7-8-26-27(33)12-16-34(2)28(26)13-17-35(34,42)30(39)21-43-32(41)10-9-31(40)36-18-14-22-20-37-29-6-4-3-5-25(22)29/h3-6,19-20,26-28,37,42H,7-18,21H2,1-2H3,(H,36,40)/t26-,27+,28-,33-,34-,35-/m0/s1. The van der Waals surface area contributed by atoms with Crippen molar-refractivity contribution in [3.8, 4) is 0 Å². The number of para-hydroxylation sites is 1. The van der Waals surface area contributed by atoms with Crippen molar-refractivity contribution in [1.29, 1.82) is 0 Å². The smallest absolute Gasteiger partial charge is 0.306 e. The minimum absolute atomic E-state index is 0.0190. The Morgan fingerprint density at radius 3 is 2.65 bits per heavy atom. The van der Waals surface area contributed by atoms with Crippen molar-refractivity contribution >= 4 is 34.3 Å². The SMILES string of the molecule is C[C@]12CCC(=O)C=C1CC[C@H]1[C@H]2CC[C@@]2(C)[C@H]1CC[C@]2(O)C(=O)COC(=O)CCC(=O)NCCc1c[nH]c2ccccc12. The minimum atomic E-state index is -1.53. The van der Waals surface area contributed by atoms with E-state index in [-0.39, 0.29) is 35.9 Å². The van der Waals surface area contributed by atoms with Crippen LogP contribution in [0.25, 0.3) is 10.9 Å². The highest BCUT2D eigenvalue weighted by Gasteiger charge is 2.66. The van der Waals surface area contributed by atoms with Gasteiger partial charge in [0.25, 0.3) is 0 Å². The summed E-state index contributed by atoms with van der Waals surface area (Å²) in [6.07, 6.45) is 10.6. The number of rotatable bonds is 9. The highest BCUT2D eigenvalue weighted by Crippen LogP contribution is 2.67. The number of amides is 1. The Morgan fingerprint density at radius 2 is 1.81 bits per heavy atom. The second-order valence-corrected chi connectivity index (χ2v) is 13.9. The van der Waals surface area contributed by atoms with Gasteiger partial charge < -0.3 is 20.1 Å². The zero-order chi connectivity index (χ0) is 30.4. The second kappa shape index (κ2) is 11.3. The fraction of sp³-hybridized carbons (Fsp3) is 0.600. The number of H-pyrrole nitrogens is 1. The molecule has 1 aromatic carbocycles. The van der Waals surface area contributed by atoms with Gasteiger partial charge in [-0.15, -0.1) is 0 Å². The molecule has 8 heteroatoms. The molecule has 0 aliphatic heterocycles. The van der Waals surface area contributed by atoms with Crippen molar-refractivity contribution in [2.75, 3.05) is 13.2 Å². The lowest BCUT2D eigenvalue weighted by atomic mass is 9.46. The van der Waals surface area contributed by atoms with Gasteiger partial charge >= 0.3 is 5.97 Å². The van der Waals surface area contributed by atoms with Crippen molar-refractivity contribution < 1.29 is 29.0 Å². The first-order valence-electron chi connectivity index (χ1n) is 16.0. The molecule has 1 heterocycles. The molecule has 3 saturated carbocycles. The maximum atomic E-state index is 13.4. The van der Waals surface area contributed by atoms with Crippen LogP contribution in [0, 0.1) is 28.6 Å². The summed E-state index contributed by atoms with van der Waals surface area (Å²) < 4.78 is 5.30. The van der Waals surface area contributed by atoms with Gasteiger partial charge in [-0.25, -0.2) is 0 Å². The summed E-state index contributed by atoms with van der Waals surface area (Å²) in [5.74, 6) is 0.0438. The van der Waals surface area contributed by atoms with Gasteiger partial charge in [0.05, 0.1) is 6.42 Å². The molecule has 2 aromatic rings. The third-order valence-corrected chi connectivity index (χ3v) is 11.9. The molecule has 1 amide bonds. The van der Waals surface area contributed by atoms with Crippen LogP contribution in [-0.2, 0) is 30.3 Å². The number of hydrogen-bond acceptors (Lipinski definition) is 6. The van der Waals surface area contributed by atoms with E-state index in [1.165, 1.54) is 5.57 Å². The van der Waals surface area contributed by atoms with E-state index in [1.807, 2.05) is 36.5 Å². The van der Waals surface area contributed by atoms with Crippen molar-refractivity contribution in [3.63, 3.8) is 0 Å². The maximum Gasteiger partial charge on any atom is 0.306 e. The van der Waals surface area contributed by atoms with Crippen LogP contribution in [0.4, 0.5) is 0 Å². The molecule has 1 aromatic heterocycles. The van der Waals surface area contributed by atoms with Crippen molar-refractivity contribution in [1.82, 2.24) is 10.3 Å². The number of aliphatic hydroxyl groups is 1. The van der Waals surface area contributed by atoms with Crippen LogP contribution in [0.3, 0.4) is 0 Å². The van der Waals surface area contributed by atoms with Crippen molar-refractivity contribution in [2.45, 2.75) is 90.1 Å². The van der Waals surface area contributed by atoms with Gasteiger partial charge in [-0.05, 0) is 92.2 Å². The molecule has 6 rings (SSSR count). The normalized spacial score (nSPS) is 33.2. The average molecular weight is 589 g/mol. The first kappa shape index (κ1) is 29.8. The topological polar surface area (TPSA) is 126 Å². The number of ether oxygens (including phenoxy) is 1. The van der Waals surface area contributed by atoms with Crippen LogP contribution in [0.2, 0.25) is 0 Å². The van der Waals surface area contributed by atoms with Gasteiger partial charge in [0, 0.05) is 41.9 Å². The third kappa shape index (κ3) is 5.15. The molecule has 6 atom stereocenters. The summed E-state index contributed by atoms with van der Waals surface area (Å²) >= 11 is 0. The summed E-state index contributed by atoms with van der Waals surface area (Å²) in [6.45, 7) is 4.36. The Labute approximate surface area is 253 Å². The number of Topliss-reactive ketones (excluding diaryl/α,β-unsaturated/α-hetero) is 1. The van der Waals surface area contributed by atoms with Crippen LogP contribution in [0.15, 0.2) is 42.1 Å². The maximum absolute atomic E-state index is 13.4. The molecule has 43 heavy (non-hydrogen) atoms. The van der Waals surface area contributed by atoms with E-state index in [9.17, 15) is 24.3 Å². The van der Waals surface area contributed by atoms with E-state index in [2.05, 4.69) is 24.1 Å². The van der Waals surface area contributed by atoms with Crippen LogP contribution in [0.5, 0.6) is 0 Å². The highest BCUT2D eigenvalue weighted by atomic mass is 16.5. The number of fused-ring (bicyclic) bond motifs is 6. The molecule has 0 radical (unpaired) electrons. The number of allylic oxidation sites excluding steroid dienone is 1. The number of esters is 1. The quantitative estimate of drug-likeness (QED) is 0.355. The monoisotopic (exact) mass is 588 g/mol. The number of nitrogens with one attached hydrogen (secondary N) is 2. The molecule has 3 fully saturated rings. The van der Waals surface area contributed by atoms with Crippen LogP contribution in [-0.4, -0.2) is 52.3 Å². The molecule has 4 aliphatic carbocycles. The summed E-state index contributed by atoms with van der Waals surface area (Å²) in [6, 6.07) is 8.00. The Morgan fingerprint density at radius 1 is 1.02 bits per heavy atom. The number of aromatic amines is 1. The molecule has 0 unspecified atom stereocenters. The summed E-state index contributed by atoms with van der Waals surface area (Å²) in [5.41, 5.74) is 1.41. The third-order valence-electron chi connectivity index (χ3n) is 11.9. The number of hydrogen-bond donors (Lipinski definition) is 3. The Kier molecular flexibility index (Phi) is 7.86. The van der Waals surface area contributed by atoms with E-state index in [1.54, 1.807) is 0 Å². The van der Waals surface area contributed by atoms with Gasteiger partial charge in [0.15, 0.2) is 12.4 Å². The van der Waals surface area contributed by atoms with Gasteiger partial charge in [0.1, 0.15) is 5.60 Å². The number of ketones is 2. The van der Waals surface area contributed by atoms with Gasteiger partial charge in [-0.3, -0.25) is 19.2 Å². The molecule has 8 nitrogen and oxygen atoms in total. The Balaban J connectivity index is 0.982. The second-order valence-electron chi connectivity index (χ2n) is 13.9. The first-order chi connectivity index (χ1) is 20.5. The minimum Gasteiger partial charge on any atom is -0.458 e. The van der Waals surface area contributed by atoms with Crippen molar-refractivity contribution in [3.05, 3.63) is 47.7 Å². The number of carbonyl (C=O) groups is 4. The number of benzene rings is 1. The zero-order valence-electron chi connectivity index (χ0n) is 25.4. The molecular weight excluding hydrogens is 544 g/mol. The predicted octanol–water partition coefficient (Wildman–Crippen LogP) is 4.98. The summed E-state index contributed by atoms with van der Waals surface area (Å²) in [5, 5.41) is 15.8.